The van der Waals surface area contributed by atoms with E-state index in [-0.39, 0.29) is 29.4 Å². The lowest BCUT2D eigenvalue weighted by atomic mass is 10.2. The minimum Gasteiger partial charge on any atom is -0.372 e. The van der Waals surface area contributed by atoms with Crippen molar-refractivity contribution in [3.05, 3.63) is 34.6 Å². The van der Waals surface area contributed by atoms with Gasteiger partial charge in [-0.05, 0) is 32.4 Å². The quantitative estimate of drug-likeness (QED) is 0.561. The Kier molecular flexibility index (Phi) is 6.55. The molecule has 2 atom stereocenters. The SMILES string of the molecule is CCCCn1c(SCC(=O)N2C[C@@H](C)O[C@@H](C)C2)nc2ccccc2c1=O. The third-order valence-corrected chi connectivity index (χ3v) is 5.62. The molecule has 1 amide bonds. The molecule has 0 spiro atoms. The molecule has 2 heterocycles. The van der Waals surface area contributed by atoms with Crippen molar-refractivity contribution in [1.29, 1.82) is 0 Å². The van der Waals surface area contributed by atoms with Crippen molar-refractivity contribution in [3.63, 3.8) is 0 Å². The van der Waals surface area contributed by atoms with Crippen molar-refractivity contribution in [2.45, 2.75) is 57.5 Å². The molecular weight excluding hydrogens is 362 g/mol. The number of carbonyl (C=O) groups is 1. The number of thioether (sulfide) groups is 1. The van der Waals surface area contributed by atoms with Gasteiger partial charge < -0.3 is 9.64 Å². The molecule has 3 rings (SSSR count). The van der Waals surface area contributed by atoms with Gasteiger partial charge in [0.15, 0.2) is 5.16 Å². The first-order valence-corrected chi connectivity index (χ1v) is 10.5. The monoisotopic (exact) mass is 389 g/mol. The summed E-state index contributed by atoms with van der Waals surface area (Å²) < 4.78 is 7.41. The molecule has 1 aromatic heterocycles. The normalized spacial score (nSPS) is 20.2. The van der Waals surface area contributed by atoms with Gasteiger partial charge in [-0.2, -0.15) is 0 Å². The average molecular weight is 390 g/mol. The second kappa shape index (κ2) is 8.89. The maximum atomic E-state index is 12.9. The van der Waals surface area contributed by atoms with Crippen LogP contribution in [0, 0.1) is 0 Å². The number of unbranched alkanes of at least 4 members (excludes halogenated alkanes) is 1. The lowest BCUT2D eigenvalue weighted by Gasteiger charge is -2.35. The van der Waals surface area contributed by atoms with E-state index < -0.39 is 0 Å². The number of nitrogens with zero attached hydrogens (tertiary/aromatic N) is 3. The first-order valence-electron chi connectivity index (χ1n) is 9.55. The number of amides is 1. The fourth-order valence-corrected chi connectivity index (χ4v) is 4.30. The van der Waals surface area contributed by atoms with Gasteiger partial charge in [0, 0.05) is 19.6 Å². The lowest BCUT2D eigenvalue weighted by Crippen LogP contribution is -2.48. The highest BCUT2D eigenvalue weighted by Gasteiger charge is 2.26. The molecule has 1 fully saturated rings. The largest absolute Gasteiger partial charge is 0.372 e. The van der Waals surface area contributed by atoms with Gasteiger partial charge in [-0.3, -0.25) is 14.2 Å². The van der Waals surface area contributed by atoms with Crippen LogP contribution in [0.15, 0.2) is 34.2 Å². The number of aromatic nitrogens is 2. The molecule has 27 heavy (non-hydrogen) atoms. The Morgan fingerprint density at radius 1 is 1.26 bits per heavy atom. The van der Waals surface area contributed by atoms with E-state index in [1.54, 1.807) is 4.57 Å². The second-order valence-corrected chi connectivity index (χ2v) is 8.01. The Morgan fingerprint density at radius 3 is 2.67 bits per heavy atom. The van der Waals surface area contributed by atoms with Gasteiger partial charge in [0.25, 0.3) is 5.56 Å². The molecule has 1 aliphatic heterocycles. The topological polar surface area (TPSA) is 64.4 Å². The fourth-order valence-electron chi connectivity index (χ4n) is 3.37. The van der Waals surface area contributed by atoms with Crippen LogP contribution >= 0.6 is 11.8 Å². The van der Waals surface area contributed by atoms with Crippen molar-refractivity contribution in [3.8, 4) is 0 Å². The molecule has 1 aromatic carbocycles. The number of ether oxygens (including phenoxy) is 1. The molecule has 1 saturated heterocycles. The van der Waals surface area contributed by atoms with E-state index in [1.807, 2.05) is 43.0 Å². The van der Waals surface area contributed by atoms with E-state index in [9.17, 15) is 9.59 Å². The van der Waals surface area contributed by atoms with Gasteiger partial charge in [-0.15, -0.1) is 0 Å². The number of para-hydroxylation sites is 1. The van der Waals surface area contributed by atoms with Crippen molar-refractivity contribution in [1.82, 2.24) is 14.5 Å². The maximum absolute atomic E-state index is 12.9. The summed E-state index contributed by atoms with van der Waals surface area (Å²) in [6.07, 6.45) is 1.99. The van der Waals surface area contributed by atoms with Crippen LogP contribution in [-0.2, 0) is 16.1 Å². The highest BCUT2D eigenvalue weighted by Crippen LogP contribution is 2.20. The number of morpholine rings is 1. The summed E-state index contributed by atoms with van der Waals surface area (Å²) in [7, 11) is 0. The summed E-state index contributed by atoms with van der Waals surface area (Å²) in [6.45, 7) is 7.90. The molecule has 2 aromatic rings. The van der Waals surface area contributed by atoms with Crippen LogP contribution in [-0.4, -0.2) is 51.4 Å². The molecule has 0 bridgehead atoms. The third-order valence-electron chi connectivity index (χ3n) is 4.66. The van der Waals surface area contributed by atoms with E-state index in [4.69, 9.17) is 4.74 Å². The summed E-state index contributed by atoms with van der Waals surface area (Å²) in [5, 5.41) is 1.25. The number of carbonyl (C=O) groups excluding carboxylic acids is 1. The summed E-state index contributed by atoms with van der Waals surface area (Å²) >= 11 is 1.35. The third kappa shape index (κ3) is 4.71. The maximum Gasteiger partial charge on any atom is 0.262 e. The molecule has 0 N–H and O–H groups in total. The minimum atomic E-state index is -0.0300. The van der Waals surface area contributed by atoms with Crippen LogP contribution in [0.4, 0.5) is 0 Å². The average Bonchev–Trinajstić information content (AvgIpc) is 2.65. The Morgan fingerprint density at radius 2 is 1.96 bits per heavy atom. The zero-order valence-corrected chi connectivity index (χ0v) is 17.0. The number of benzene rings is 1. The first-order chi connectivity index (χ1) is 13.0. The second-order valence-electron chi connectivity index (χ2n) is 7.07. The number of rotatable bonds is 6. The molecule has 146 valence electrons. The van der Waals surface area contributed by atoms with Gasteiger partial charge >= 0.3 is 0 Å². The zero-order chi connectivity index (χ0) is 19.4. The van der Waals surface area contributed by atoms with Gasteiger partial charge in [-0.1, -0.05) is 37.2 Å². The smallest absolute Gasteiger partial charge is 0.262 e. The molecule has 7 heteroatoms. The fraction of sp³-hybridized carbons (Fsp3) is 0.550. The van der Waals surface area contributed by atoms with Crippen LogP contribution < -0.4 is 5.56 Å². The first kappa shape index (κ1) is 19.9. The predicted octanol–water partition coefficient (Wildman–Crippen LogP) is 2.92. The van der Waals surface area contributed by atoms with Crippen molar-refractivity contribution in [2.24, 2.45) is 0 Å². The van der Waals surface area contributed by atoms with E-state index in [2.05, 4.69) is 11.9 Å². The van der Waals surface area contributed by atoms with Crippen LogP contribution in [0.3, 0.4) is 0 Å². The molecule has 1 aliphatic rings. The van der Waals surface area contributed by atoms with Gasteiger partial charge in [-0.25, -0.2) is 4.98 Å². The standard InChI is InChI=1S/C20H27N3O3S/c1-4-5-10-23-19(25)16-8-6-7-9-17(16)21-20(23)27-13-18(24)22-11-14(2)26-15(3)12-22/h6-9,14-15H,4-5,10-13H2,1-3H3/t14-,15+. The van der Waals surface area contributed by atoms with E-state index in [0.29, 0.717) is 35.7 Å². The van der Waals surface area contributed by atoms with Gasteiger partial charge in [0.05, 0.1) is 28.9 Å². The zero-order valence-electron chi connectivity index (χ0n) is 16.2. The van der Waals surface area contributed by atoms with Crippen LogP contribution in [0.2, 0.25) is 0 Å². The van der Waals surface area contributed by atoms with Crippen molar-refractivity contribution >= 4 is 28.6 Å². The summed E-state index contributed by atoms with van der Waals surface area (Å²) in [5.41, 5.74) is 0.649. The van der Waals surface area contributed by atoms with Crippen LogP contribution in [0.25, 0.3) is 10.9 Å². The number of hydrogen-bond donors (Lipinski definition) is 0. The lowest BCUT2D eigenvalue weighted by molar-refractivity contribution is -0.140. The Bertz CT molecular complexity index is 857. The van der Waals surface area contributed by atoms with Crippen LogP contribution in [0.1, 0.15) is 33.6 Å². The molecule has 0 radical (unpaired) electrons. The summed E-state index contributed by atoms with van der Waals surface area (Å²) in [5.74, 6) is 0.336. The van der Waals surface area contributed by atoms with Gasteiger partial charge in [0.1, 0.15) is 0 Å². The van der Waals surface area contributed by atoms with Crippen molar-refractivity contribution < 1.29 is 9.53 Å². The van der Waals surface area contributed by atoms with Crippen molar-refractivity contribution in [2.75, 3.05) is 18.8 Å². The Balaban J connectivity index is 1.80. The molecular formula is C20H27N3O3S. The molecule has 6 nitrogen and oxygen atoms in total. The minimum absolute atomic E-state index is 0.0300. The summed E-state index contributed by atoms with van der Waals surface area (Å²) in [6, 6.07) is 7.38. The summed E-state index contributed by atoms with van der Waals surface area (Å²) in [4.78, 5) is 32.1. The molecule has 0 saturated carbocycles. The molecule has 0 unspecified atom stereocenters. The van der Waals surface area contributed by atoms with E-state index >= 15 is 0 Å². The van der Waals surface area contributed by atoms with Crippen LogP contribution in [0.5, 0.6) is 0 Å². The highest BCUT2D eigenvalue weighted by molar-refractivity contribution is 7.99. The Labute approximate surface area is 163 Å². The number of fused-ring (bicyclic) bond motifs is 1. The Hall–Kier alpha value is -1.86. The number of hydrogen-bond acceptors (Lipinski definition) is 5. The highest BCUT2D eigenvalue weighted by atomic mass is 32.2. The van der Waals surface area contributed by atoms with E-state index in [0.717, 1.165) is 12.8 Å². The van der Waals surface area contributed by atoms with E-state index in [1.165, 1.54) is 11.8 Å². The predicted molar refractivity (Wildman–Crippen MR) is 108 cm³/mol. The van der Waals surface area contributed by atoms with Gasteiger partial charge in [0.2, 0.25) is 5.91 Å². The molecule has 0 aliphatic carbocycles.